The average Bonchev–Trinajstić information content (AvgIpc) is 2.40. The Kier molecular flexibility index (Phi) is 6.56. The smallest absolute Gasteiger partial charge is 0.323 e. The minimum atomic E-state index is 0.218. The molecule has 5 nitrogen and oxygen atoms in total. The first-order valence-corrected chi connectivity index (χ1v) is 6.26. The molecule has 0 aliphatic rings. The number of thioether (sulfide) groups is 1. The van der Waals surface area contributed by atoms with Gasteiger partial charge in [-0.1, -0.05) is 43.1 Å². The minimum Gasteiger partial charge on any atom is -0.459 e. The van der Waals surface area contributed by atoms with E-state index in [9.17, 15) is 0 Å². The molecule has 0 bridgehead atoms. The molecular formula is C12H15N3O2S. The SMILES string of the molecule is C=CCOc1nc(OCC=C)nc(SCC=C)n1. The lowest BCUT2D eigenvalue weighted by atomic mass is 10.7. The third-order valence-electron chi connectivity index (χ3n) is 1.56. The third kappa shape index (κ3) is 5.01. The Hall–Kier alpha value is -1.82. The van der Waals surface area contributed by atoms with Crippen LogP contribution in [0.5, 0.6) is 12.0 Å². The van der Waals surface area contributed by atoms with Gasteiger partial charge in [0.2, 0.25) is 0 Å². The first-order chi connectivity index (χ1) is 8.80. The van der Waals surface area contributed by atoms with E-state index in [1.165, 1.54) is 11.8 Å². The number of rotatable bonds is 9. The van der Waals surface area contributed by atoms with Gasteiger partial charge in [-0.3, -0.25) is 0 Å². The second-order valence-corrected chi connectivity index (χ2v) is 3.97. The van der Waals surface area contributed by atoms with Crippen LogP contribution in [0.3, 0.4) is 0 Å². The fourth-order valence-electron chi connectivity index (χ4n) is 0.914. The fourth-order valence-corrected chi connectivity index (χ4v) is 1.47. The Bertz CT molecular complexity index is 350. The first kappa shape index (κ1) is 14.2. The largest absolute Gasteiger partial charge is 0.459 e. The summed E-state index contributed by atoms with van der Waals surface area (Å²) in [4.78, 5) is 12.3. The van der Waals surface area contributed by atoms with Crippen molar-refractivity contribution < 1.29 is 9.47 Å². The zero-order chi connectivity index (χ0) is 13.2. The van der Waals surface area contributed by atoms with Gasteiger partial charge in [-0.05, 0) is 0 Å². The number of hydrogen-bond acceptors (Lipinski definition) is 6. The highest BCUT2D eigenvalue weighted by Crippen LogP contribution is 2.18. The lowest BCUT2D eigenvalue weighted by Gasteiger charge is -2.06. The van der Waals surface area contributed by atoms with Crippen LogP contribution in [0, 0.1) is 0 Å². The van der Waals surface area contributed by atoms with Crippen LogP contribution in [0.1, 0.15) is 0 Å². The molecule has 6 heteroatoms. The van der Waals surface area contributed by atoms with Gasteiger partial charge in [0.1, 0.15) is 13.2 Å². The normalized spacial score (nSPS) is 9.56. The maximum atomic E-state index is 5.27. The summed E-state index contributed by atoms with van der Waals surface area (Å²) in [5, 5.41) is 0.531. The van der Waals surface area contributed by atoms with Crippen molar-refractivity contribution >= 4 is 11.8 Å². The van der Waals surface area contributed by atoms with Gasteiger partial charge in [-0.2, -0.15) is 9.97 Å². The van der Waals surface area contributed by atoms with E-state index >= 15 is 0 Å². The maximum absolute atomic E-state index is 5.27. The molecule has 1 aromatic heterocycles. The Balaban J connectivity index is 2.83. The number of hydrogen-bond donors (Lipinski definition) is 0. The van der Waals surface area contributed by atoms with Crippen LogP contribution in [0.2, 0.25) is 0 Å². The van der Waals surface area contributed by atoms with E-state index in [2.05, 4.69) is 34.7 Å². The lowest BCUT2D eigenvalue weighted by Crippen LogP contribution is -2.05. The maximum Gasteiger partial charge on any atom is 0.323 e. The van der Waals surface area contributed by atoms with Crippen molar-refractivity contribution in [2.75, 3.05) is 19.0 Å². The van der Waals surface area contributed by atoms with Gasteiger partial charge in [-0.25, -0.2) is 0 Å². The van der Waals surface area contributed by atoms with Crippen molar-refractivity contribution in [1.29, 1.82) is 0 Å². The van der Waals surface area contributed by atoms with Gasteiger partial charge in [0.25, 0.3) is 0 Å². The van der Waals surface area contributed by atoms with Crippen LogP contribution in [0.25, 0.3) is 0 Å². The summed E-state index contributed by atoms with van der Waals surface area (Å²) in [5.41, 5.74) is 0. The Morgan fingerprint density at radius 2 is 1.44 bits per heavy atom. The summed E-state index contributed by atoms with van der Waals surface area (Å²) in [6, 6.07) is 0.436. The topological polar surface area (TPSA) is 57.1 Å². The van der Waals surface area contributed by atoms with Crippen molar-refractivity contribution in [3.8, 4) is 12.0 Å². The Morgan fingerprint density at radius 1 is 0.889 bits per heavy atom. The molecule has 1 heterocycles. The van der Waals surface area contributed by atoms with Gasteiger partial charge >= 0.3 is 12.0 Å². The molecule has 0 N–H and O–H groups in total. The van der Waals surface area contributed by atoms with E-state index in [0.717, 1.165) is 0 Å². The van der Waals surface area contributed by atoms with Crippen molar-refractivity contribution in [2.45, 2.75) is 5.16 Å². The van der Waals surface area contributed by atoms with Crippen LogP contribution in [-0.4, -0.2) is 33.9 Å². The zero-order valence-corrected chi connectivity index (χ0v) is 10.9. The van der Waals surface area contributed by atoms with Crippen molar-refractivity contribution in [1.82, 2.24) is 15.0 Å². The molecule has 0 aromatic carbocycles. The molecule has 0 radical (unpaired) electrons. The molecule has 0 saturated heterocycles. The molecule has 0 fully saturated rings. The molecule has 0 aliphatic heterocycles. The Labute approximate surface area is 111 Å². The van der Waals surface area contributed by atoms with E-state index in [1.54, 1.807) is 18.2 Å². The molecule has 1 aromatic rings. The van der Waals surface area contributed by atoms with Gasteiger partial charge in [-0.15, -0.1) is 11.6 Å². The number of ether oxygens (including phenoxy) is 2. The summed E-state index contributed by atoms with van der Waals surface area (Å²) in [5.74, 6) is 0.700. The standard InChI is InChI=1S/C12H15N3O2S/c1-4-7-16-10-13-11(17-8-5-2)15-12(14-10)18-9-6-3/h4-6H,1-3,7-9H2. The van der Waals surface area contributed by atoms with E-state index < -0.39 is 0 Å². The highest BCUT2D eigenvalue weighted by Gasteiger charge is 2.08. The molecule has 0 aliphatic carbocycles. The molecule has 0 atom stereocenters. The summed E-state index contributed by atoms with van der Waals surface area (Å²) in [6.45, 7) is 11.4. The molecule has 18 heavy (non-hydrogen) atoms. The second-order valence-electron chi connectivity index (χ2n) is 2.98. The summed E-state index contributed by atoms with van der Waals surface area (Å²) >= 11 is 1.42. The fraction of sp³-hybridized carbons (Fsp3) is 0.250. The predicted molar refractivity (Wildman–Crippen MR) is 72.1 cm³/mol. The highest BCUT2D eigenvalue weighted by atomic mass is 32.2. The van der Waals surface area contributed by atoms with E-state index in [0.29, 0.717) is 24.1 Å². The average molecular weight is 265 g/mol. The molecule has 0 amide bonds. The van der Waals surface area contributed by atoms with Crippen LogP contribution in [0.15, 0.2) is 43.1 Å². The summed E-state index contributed by atoms with van der Waals surface area (Å²) in [7, 11) is 0. The number of nitrogens with zero attached hydrogens (tertiary/aromatic N) is 3. The van der Waals surface area contributed by atoms with Crippen LogP contribution >= 0.6 is 11.8 Å². The van der Waals surface area contributed by atoms with Crippen LogP contribution in [-0.2, 0) is 0 Å². The molecular weight excluding hydrogens is 250 g/mol. The Morgan fingerprint density at radius 3 is 1.89 bits per heavy atom. The molecule has 0 saturated carbocycles. The van der Waals surface area contributed by atoms with Crippen molar-refractivity contribution in [3.05, 3.63) is 38.0 Å². The first-order valence-electron chi connectivity index (χ1n) is 5.27. The minimum absolute atomic E-state index is 0.218. The lowest BCUT2D eigenvalue weighted by molar-refractivity contribution is 0.291. The monoisotopic (exact) mass is 265 g/mol. The van der Waals surface area contributed by atoms with Crippen molar-refractivity contribution in [3.63, 3.8) is 0 Å². The second kappa shape index (κ2) is 8.30. The predicted octanol–water partition coefficient (Wildman–Crippen LogP) is 2.28. The number of aromatic nitrogens is 3. The van der Waals surface area contributed by atoms with Crippen molar-refractivity contribution in [2.24, 2.45) is 0 Å². The van der Waals surface area contributed by atoms with E-state index in [1.807, 2.05) is 0 Å². The van der Waals surface area contributed by atoms with Gasteiger partial charge in [0.15, 0.2) is 5.16 Å². The quantitative estimate of drug-likeness (QED) is 0.504. The van der Waals surface area contributed by atoms with Gasteiger partial charge < -0.3 is 9.47 Å². The van der Waals surface area contributed by atoms with E-state index in [4.69, 9.17) is 9.47 Å². The molecule has 0 spiro atoms. The van der Waals surface area contributed by atoms with Gasteiger partial charge in [0, 0.05) is 5.75 Å². The molecule has 96 valence electrons. The molecule has 0 unspecified atom stereocenters. The molecule has 1 rings (SSSR count). The third-order valence-corrected chi connectivity index (χ3v) is 2.41. The zero-order valence-electron chi connectivity index (χ0n) is 10.0. The summed E-state index contributed by atoms with van der Waals surface area (Å²) in [6.07, 6.45) is 5.00. The highest BCUT2D eigenvalue weighted by molar-refractivity contribution is 7.99. The summed E-state index contributed by atoms with van der Waals surface area (Å²) < 4.78 is 10.5. The van der Waals surface area contributed by atoms with Crippen LogP contribution < -0.4 is 9.47 Å². The van der Waals surface area contributed by atoms with Crippen LogP contribution in [0.4, 0.5) is 0 Å². The van der Waals surface area contributed by atoms with E-state index in [-0.39, 0.29) is 12.0 Å². The van der Waals surface area contributed by atoms with Gasteiger partial charge in [0.05, 0.1) is 0 Å².